The SMILES string of the molecule is CC1=[C-]C(C)(C)C(C)=C1C.[CH-]=C(C)C=CC.[Cr+2]. The molecule has 0 aromatic rings. The van der Waals surface area contributed by atoms with Gasteiger partial charge < -0.3 is 0 Å². The molecule has 0 N–H and O–H groups in total. The van der Waals surface area contributed by atoms with Gasteiger partial charge in [-0.05, 0) is 0 Å². The zero-order valence-electron chi connectivity index (χ0n) is 12.1. The average Bonchev–Trinajstić information content (AvgIpc) is 2.30. The van der Waals surface area contributed by atoms with Gasteiger partial charge in [-0.2, -0.15) is 17.2 Å². The van der Waals surface area contributed by atoms with E-state index in [9.17, 15) is 0 Å². The molecular weight excluding hydrogens is 244 g/mol. The Balaban J connectivity index is 0. The van der Waals surface area contributed by atoms with Gasteiger partial charge in [-0.25, -0.2) is 17.2 Å². The molecule has 0 aromatic heterocycles. The molecule has 0 spiro atoms. The zero-order valence-corrected chi connectivity index (χ0v) is 13.4. The van der Waals surface area contributed by atoms with Gasteiger partial charge in [-0.3, -0.25) is 12.7 Å². The van der Waals surface area contributed by atoms with Crippen molar-refractivity contribution in [2.24, 2.45) is 5.41 Å². The molecule has 0 atom stereocenters. The number of hydrogen-bond donors (Lipinski definition) is 0. The molecule has 1 rings (SSSR count). The second-order valence-electron chi connectivity index (χ2n) is 4.87. The van der Waals surface area contributed by atoms with Gasteiger partial charge in [0, 0.05) is 0 Å². The Morgan fingerprint density at radius 1 is 1.24 bits per heavy atom. The van der Waals surface area contributed by atoms with Crippen LogP contribution in [0.15, 0.2) is 34.4 Å². The van der Waals surface area contributed by atoms with Crippen LogP contribution >= 0.6 is 0 Å². The largest absolute Gasteiger partial charge is 2.00 e. The maximum absolute atomic E-state index is 5.23. The molecule has 94 valence electrons. The van der Waals surface area contributed by atoms with E-state index >= 15 is 0 Å². The number of rotatable bonds is 1. The Hall–Kier alpha value is -0.508. The molecule has 1 aliphatic carbocycles. The molecule has 17 heavy (non-hydrogen) atoms. The molecule has 0 aromatic carbocycles. The Morgan fingerprint density at radius 3 is 1.76 bits per heavy atom. The van der Waals surface area contributed by atoms with E-state index in [4.69, 9.17) is 6.58 Å². The summed E-state index contributed by atoms with van der Waals surface area (Å²) in [5, 5.41) is 0. The fourth-order valence-corrected chi connectivity index (χ4v) is 1.67. The number of hydrogen-bond acceptors (Lipinski definition) is 0. The summed E-state index contributed by atoms with van der Waals surface area (Å²) in [6, 6.07) is 0. The zero-order chi connectivity index (χ0) is 12.9. The van der Waals surface area contributed by atoms with Gasteiger partial charge >= 0.3 is 17.4 Å². The van der Waals surface area contributed by atoms with Gasteiger partial charge in [0.2, 0.25) is 0 Å². The summed E-state index contributed by atoms with van der Waals surface area (Å²) in [6.45, 7) is 20.0. The van der Waals surface area contributed by atoms with Crippen LogP contribution in [-0.4, -0.2) is 0 Å². The Labute approximate surface area is 118 Å². The molecule has 0 amide bonds. The van der Waals surface area contributed by atoms with Crippen molar-refractivity contribution in [2.75, 3.05) is 0 Å². The quantitative estimate of drug-likeness (QED) is 0.461. The molecule has 0 saturated carbocycles. The summed E-state index contributed by atoms with van der Waals surface area (Å²) >= 11 is 0. The van der Waals surface area contributed by atoms with E-state index in [1.165, 1.54) is 16.7 Å². The van der Waals surface area contributed by atoms with Gasteiger partial charge in [-0.1, -0.05) is 47.0 Å². The predicted octanol–water partition coefficient (Wildman–Crippen LogP) is 5.05. The number of allylic oxidation sites excluding steroid dienone is 7. The van der Waals surface area contributed by atoms with E-state index in [1.807, 2.05) is 26.0 Å². The van der Waals surface area contributed by atoms with Crippen molar-refractivity contribution >= 4 is 0 Å². The smallest absolute Gasteiger partial charge is 0.290 e. The van der Waals surface area contributed by atoms with Gasteiger partial charge in [-0.15, -0.1) is 6.92 Å². The van der Waals surface area contributed by atoms with Crippen LogP contribution in [0.4, 0.5) is 0 Å². The van der Waals surface area contributed by atoms with Crippen LogP contribution in [0.2, 0.25) is 0 Å². The second kappa shape index (κ2) is 7.75. The molecule has 0 radical (unpaired) electrons. The van der Waals surface area contributed by atoms with E-state index in [-0.39, 0.29) is 22.8 Å². The van der Waals surface area contributed by atoms with Crippen LogP contribution in [0.3, 0.4) is 0 Å². The van der Waals surface area contributed by atoms with Crippen molar-refractivity contribution in [1.82, 2.24) is 0 Å². The monoisotopic (exact) mass is 268 g/mol. The average molecular weight is 268 g/mol. The molecule has 0 saturated heterocycles. The molecule has 0 bridgehead atoms. The van der Waals surface area contributed by atoms with Gasteiger partial charge in [0.1, 0.15) is 0 Å². The third-order valence-electron chi connectivity index (χ3n) is 2.99. The summed E-state index contributed by atoms with van der Waals surface area (Å²) in [4.78, 5) is 0. The van der Waals surface area contributed by atoms with Crippen LogP contribution in [0, 0.1) is 18.1 Å². The molecule has 1 heteroatoms. The summed E-state index contributed by atoms with van der Waals surface area (Å²) in [5.41, 5.74) is 5.25. The minimum Gasteiger partial charge on any atom is -0.290 e. The van der Waals surface area contributed by atoms with Crippen molar-refractivity contribution in [3.63, 3.8) is 0 Å². The third-order valence-corrected chi connectivity index (χ3v) is 2.99. The first-order chi connectivity index (χ1) is 7.22. The molecule has 1 aliphatic rings. The Kier molecular flexibility index (Phi) is 8.59. The third kappa shape index (κ3) is 6.11. The Bertz CT molecular complexity index is 352. The van der Waals surface area contributed by atoms with Gasteiger partial charge in [0.25, 0.3) is 0 Å². The molecule has 0 nitrogen and oxygen atoms in total. The van der Waals surface area contributed by atoms with E-state index in [0.717, 1.165) is 5.57 Å². The summed E-state index contributed by atoms with van der Waals surface area (Å²) in [5.74, 6) is 0. The predicted molar refractivity (Wildman–Crippen MR) is 72.9 cm³/mol. The summed E-state index contributed by atoms with van der Waals surface area (Å²) in [7, 11) is 0. The molecule has 0 fully saturated rings. The summed E-state index contributed by atoms with van der Waals surface area (Å²) in [6.07, 6.45) is 7.21. The van der Waals surface area contributed by atoms with E-state index in [1.54, 1.807) is 0 Å². The van der Waals surface area contributed by atoms with Crippen molar-refractivity contribution in [1.29, 1.82) is 0 Å². The fourth-order valence-electron chi connectivity index (χ4n) is 1.67. The first kappa shape index (κ1) is 18.8. The molecular formula is C16H24Cr. The molecule has 0 unspecified atom stereocenters. The maximum atomic E-state index is 5.23. The van der Waals surface area contributed by atoms with E-state index < -0.39 is 0 Å². The first-order valence-electron chi connectivity index (χ1n) is 5.74. The van der Waals surface area contributed by atoms with Crippen LogP contribution in [0.25, 0.3) is 0 Å². The van der Waals surface area contributed by atoms with Crippen LogP contribution < -0.4 is 0 Å². The normalized spacial score (nSPS) is 17.2. The van der Waals surface area contributed by atoms with Gasteiger partial charge in [0.15, 0.2) is 0 Å². The molecule has 0 aliphatic heterocycles. The molecule has 0 heterocycles. The van der Waals surface area contributed by atoms with Crippen molar-refractivity contribution < 1.29 is 17.4 Å². The van der Waals surface area contributed by atoms with Crippen LogP contribution in [-0.2, 0) is 17.4 Å². The topological polar surface area (TPSA) is 0 Å². The van der Waals surface area contributed by atoms with Crippen molar-refractivity contribution in [2.45, 2.75) is 48.5 Å². The minimum atomic E-state index is 0. The standard InChI is InChI=1S/C10H15.C6H9.Cr/c1-7-6-10(4,5)9(3)8(7)2;1-4-5-6(2)3;/h1-5H3;2,4-5H,1,3H3;/q2*-1;+2. The van der Waals surface area contributed by atoms with Crippen LogP contribution in [0.5, 0.6) is 0 Å². The van der Waals surface area contributed by atoms with Crippen LogP contribution in [0.1, 0.15) is 48.5 Å². The van der Waals surface area contributed by atoms with Crippen molar-refractivity contribution in [3.8, 4) is 0 Å². The maximum Gasteiger partial charge on any atom is 2.00 e. The second-order valence-corrected chi connectivity index (χ2v) is 4.87. The van der Waals surface area contributed by atoms with E-state index in [0.29, 0.717) is 0 Å². The summed E-state index contributed by atoms with van der Waals surface area (Å²) < 4.78 is 0. The Morgan fingerprint density at radius 2 is 1.71 bits per heavy atom. The first-order valence-corrected chi connectivity index (χ1v) is 5.74. The fraction of sp³-hybridized carbons (Fsp3) is 0.500. The minimum absolute atomic E-state index is 0. The van der Waals surface area contributed by atoms with Crippen molar-refractivity contribution in [3.05, 3.63) is 47.1 Å². The van der Waals surface area contributed by atoms with Gasteiger partial charge in [0.05, 0.1) is 0 Å². The van der Waals surface area contributed by atoms with E-state index in [2.05, 4.69) is 40.7 Å².